The molecule has 2 aliphatic rings. The van der Waals surface area contributed by atoms with Gasteiger partial charge in [0.1, 0.15) is 0 Å². The highest BCUT2D eigenvalue weighted by Gasteiger charge is 2.72. The number of rotatable bonds is 5. The minimum absolute atomic E-state index is 0.202. The van der Waals surface area contributed by atoms with E-state index < -0.39 is 0 Å². The number of pyridine rings is 1. The van der Waals surface area contributed by atoms with Crippen LogP contribution in [0.2, 0.25) is 0 Å². The van der Waals surface area contributed by atoms with E-state index in [2.05, 4.69) is 42.2 Å². The number of carbonyl (C=O) groups excluding carboxylic acids is 1. The number of likely N-dealkylation sites (N-methyl/N-ethyl adjacent to an activating group) is 1. The fraction of sp³-hybridized carbons (Fsp3) is 0.455. The van der Waals surface area contributed by atoms with Gasteiger partial charge < -0.3 is 4.90 Å². The maximum absolute atomic E-state index is 13.7. The van der Waals surface area contributed by atoms with E-state index >= 15 is 0 Å². The van der Waals surface area contributed by atoms with Crippen LogP contribution in [0.25, 0.3) is 0 Å². The quantitative estimate of drug-likeness (QED) is 0.815. The molecule has 3 nitrogen and oxygen atoms in total. The number of hydrogen-bond donors (Lipinski definition) is 0. The molecule has 1 aromatic heterocycles. The lowest BCUT2D eigenvalue weighted by Gasteiger charge is -2.30. The lowest BCUT2D eigenvalue weighted by Crippen LogP contribution is -2.41. The molecule has 2 fully saturated rings. The predicted octanol–water partition coefficient (Wildman–Crippen LogP) is 4.33. The Labute approximate surface area is 150 Å². The number of benzene rings is 1. The summed E-state index contributed by atoms with van der Waals surface area (Å²) in [5.41, 5.74) is 2.21. The van der Waals surface area contributed by atoms with Crippen molar-refractivity contribution >= 4 is 5.91 Å². The molecule has 1 aromatic carbocycles. The SMILES string of the molecule is CCN(Cc1cccnc1)C(=O)[C@@]1(c2ccccc2)CC12CCCC2. The first-order valence-electron chi connectivity index (χ1n) is 9.46. The summed E-state index contributed by atoms with van der Waals surface area (Å²) >= 11 is 0. The van der Waals surface area contributed by atoms with E-state index in [1.54, 1.807) is 6.20 Å². The van der Waals surface area contributed by atoms with Crippen molar-refractivity contribution < 1.29 is 4.79 Å². The van der Waals surface area contributed by atoms with Gasteiger partial charge in [-0.25, -0.2) is 0 Å². The van der Waals surface area contributed by atoms with Crippen LogP contribution in [0.3, 0.4) is 0 Å². The molecule has 1 atom stereocenters. The Hall–Kier alpha value is -2.16. The molecular formula is C22H26N2O. The molecule has 1 spiro atoms. The minimum atomic E-state index is -0.303. The summed E-state index contributed by atoms with van der Waals surface area (Å²) in [6.07, 6.45) is 9.57. The molecule has 25 heavy (non-hydrogen) atoms. The second-order valence-corrected chi connectivity index (χ2v) is 7.62. The monoisotopic (exact) mass is 334 g/mol. The van der Waals surface area contributed by atoms with Crippen LogP contribution in [0.1, 0.15) is 50.2 Å². The smallest absolute Gasteiger partial charge is 0.234 e. The van der Waals surface area contributed by atoms with Crippen molar-refractivity contribution in [2.24, 2.45) is 5.41 Å². The third kappa shape index (κ3) is 2.57. The molecule has 130 valence electrons. The normalized spacial score (nSPS) is 23.6. The van der Waals surface area contributed by atoms with Gasteiger partial charge in [0.15, 0.2) is 0 Å². The van der Waals surface area contributed by atoms with Crippen molar-refractivity contribution in [2.45, 2.75) is 51.0 Å². The van der Waals surface area contributed by atoms with Crippen molar-refractivity contribution in [1.82, 2.24) is 9.88 Å². The van der Waals surface area contributed by atoms with Gasteiger partial charge in [-0.1, -0.05) is 49.2 Å². The Morgan fingerprint density at radius 3 is 2.52 bits per heavy atom. The van der Waals surface area contributed by atoms with Gasteiger partial charge in [0.25, 0.3) is 0 Å². The van der Waals surface area contributed by atoms with Crippen LogP contribution >= 0.6 is 0 Å². The van der Waals surface area contributed by atoms with E-state index in [1.807, 2.05) is 23.2 Å². The van der Waals surface area contributed by atoms with Crippen molar-refractivity contribution in [1.29, 1.82) is 0 Å². The molecule has 0 radical (unpaired) electrons. The Balaban J connectivity index is 1.67. The second-order valence-electron chi connectivity index (χ2n) is 7.62. The fourth-order valence-corrected chi connectivity index (χ4v) is 4.98. The van der Waals surface area contributed by atoms with Crippen molar-refractivity contribution in [3.8, 4) is 0 Å². The summed E-state index contributed by atoms with van der Waals surface area (Å²) in [5.74, 6) is 0.312. The van der Waals surface area contributed by atoms with E-state index in [4.69, 9.17) is 0 Å². The van der Waals surface area contributed by atoms with Crippen molar-refractivity contribution in [2.75, 3.05) is 6.54 Å². The molecule has 2 saturated carbocycles. The lowest BCUT2D eigenvalue weighted by atomic mass is 9.83. The standard InChI is InChI=1S/C22H26N2O/c1-2-24(16-18-9-8-14-23-15-18)20(25)22(19-10-4-3-5-11-19)17-21(22)12-6-7-13-21/h3-5,8-11,14-15H,2,6-7,12-13,16-17H2,1H3/t22-/m0/s1. The lowest BCUT2D eigenvalue weighted by molar-refractivity contribution is -0.135. The van der Waals surface area contributed by atoms with Crippen LogP contribution in [0, 0.1) is 5.41 Å². The summed E-state index contributed by atoms with van der Waals surface area (Å²) in [7, 11) is 0. The Bertz CT molecular complexity index is 737. The third-order valence-corrected chi connectivity index (χ3v) is 6.34. The van der Waals surface area contributed by atoms with Gasteiger partial charge >= 0.3 is 0 Å². The van der Waals surface area contributed by atoms with E-state index in [-0.39, 0.29) is 10.8 Å². The first-order valence-corrected chi connectivity index (χ1v) is 9.46. The van der Waals surface area contributed by atoms with Crippen LogP contribution in [0.4, 0.5) is 0 Å². The van der Waals surface area contributed by atoms with E-state index in [9.17, 15) is 4.79 Å². The van der Waals surface area contributed by atoms with Gasteiger partial charge in [0, 0.05) is 25.5 Å². The van der Waals surface area contributed by atoms with Crippen LogP contribution in [0.5, 0.6) is 0 Å². The largest absolute Gasteiger partial charge is 0.338 e. The van der Waals surface area contributed by atoms with Crippen LogP contribution in [-0.2, 0) is 16.8 Å². The third-order valence-electron chi connectivity index (χ3n) is 6.34. The highest BCUT2D eigenvalue weighted by molar-refractivity contribution is 5.93. The first kappa shape index (κ1) is 16.3. The van der Waals surface area contributed by atoms with Crippen LogP contribution in [-0.4, -0.2) is 22.3 Å². The van der Waals surface area contributed by atoms with E-state index in [1.165, 1.54) is 31.2 Å². The highest BCUT2D eigenvalue weighted by atomic mass is 16.2. The van der Waals surface area contributed by atoms with Crippen LogP contribution < -0.4 is 0 Å². The average Bonchev–Trinajstić information content (AvgIpc) is 3.08. The second kappa shape index (κ2) is 6.29. The molecule has 1 amide bonds. The molecule has 1 heterocycles. The molecular weight excluding hydrogens is 308 g/mol. The molecule has 4 rings (SSSR count). The topological polar surface area (TPSA) is 33.2 Å². The summed E-state index contributed by atoms with van der Waals surface area (Å²) in [5, 5.41) is 0. The molecule has 0 unspecified atom stereocenters. The minimum Gasteiger partial charge on any atom is -0.338 e. The van der Waals surface area contributed by atoms with Crippen LogP contribution in [0.15, 0.2) is 54.9 Å². The molecule has 3 heteroatoms. The number of aromatic nitrogens is 1. The number of carbonyl (C=O) groups is 1. The van der Waals surface area contributed by atoms with Crippen molar-refractivity contribution in [3.05, 3.63) is 66.0 Å². The number of hydrogen-bond acceptors (Lipinski definition) is 2. The van der Waals surface area contributed by atoms with Gasteiger partial charge in [-0.15, -0.1) is 0 Å². The zero-order valence-electron chi connectivity index (χ0n) is 14.9. The molecule has 2 aromatic rings. The summed E-state index contributed by atoms with van der Waals surface area (Å²) in [6.45, 7) is 3.46. The number of nitrogens with zero attached hydrogens (tertiary/aromatic N) is 2. The maximum atomic E-state index is 13.7. The highest BCUT2D eigenvalue weighted by Crippen LogP contribution is 2.72. The van der Waals surface area contributed by atoms with Gasteiger partial charge in [0.2, 0.25) is 5.91 Å². The molecule has 2 aliphatic carbocycles. The Morgan fingerprint density at radius 2 is 1.88 bits per heavy atom. The van der Waals surface area contributed by atoms with E-state index in [0.717, 1.165) is 18.5 Å². The van der Waals surface area contributed by atoms with Gasteiger partial charge in [-0.05, 0) is 48.8 Å². The summed E-state index contributed by atoms with van der Waals surface area (Å²) in [6, 6.07) is 14.5. The zero-order chi connectivity index (χ0) is 17.3. The first-order chi connectivity index (χ1) is 12.2. The summed E-state index contributed by atoms with van der Waals surface area (Å²) < 4.78 is 0. The average molecular weight is 334 g/mol. The molecule has 0 bridgehead atoms. The Kier molecular flexibility index (Phi) is 4.10. The predicted molar refractivity (Wildman–Crippen MR) is 99.0 cm³/mol. The van der Waals surface area contributed by atoms with Gasteiger partial charge in [-0.3, -0.25) is 9.78 Å². The fourth-order valence-electron chi connectivity index (χ4n) is 4.98. The zero-order valence-corrected chi connectivity index (χ0v) is 14.9. The summed E-state index contributed by atoms with van der Waals surface area (Å²) in [4.78, 5) is 20.0. The maximum Gasteiger partial charge on any atom is 0.234 e. The molecule has 0 saturated heterocycles. The van der Waals surface area contributed by atoms with Gasteiger partial charge in [0.05, 0.1) is 5.41 Å². The molecule has 0 aliphatic heterocycles. The Morgan fingerprint density at radius 1 is 1.12 bits per heavy atom. The van der Waals surface area contributed by atoms with E-state index in [0.29, 0.717) is 12.5 Å². The van der Waals surface area contributed by atoms with Gasteiger partial charge in [-0.2, -0.15) is 0 Å². The molecule has 0 N–H and O–H groups in total. The number of amides is 1. The van der Waals surface area contributed by atoms with Crippen molar-refractivity contribution in [3.63, 3.8) is 0 Å².